The van der Waals surface area contributed by atoms with E-state index in [0.717, 1.165) is 17.1 Å². The topological polar surface area (TPSA) is 87.3 Å². The summed E-state index contributed by atoms with van der Waals surface area (Å²) in [4.78, 5) is 26.4. The van der Waals surface area contributed by atoms with E-state index >= 15 is 0 Å². The molecule has 2 aromatic carbocycles. The molecule has 4 rings (SSSR count). The van der Waals surface area contributed by atoms with Gasteiger partial charge in [-0.3, -0.25) is 14.7 Å². The number of ether oxygens (including phenoxy) is 1. The predicted molar refractivity (Wildman–Crippen MR) is 109 cm³/mol. The lowest BCUT2D eigenvalue weighted by molar-refractivity contribution is -0.121. The number of nitrogens with one attached hydrogen (secondary N) is 2. The molecule has 1 aliphatic rings. The fourth-order valence-electron chi connectivity index (χ4n) is 3.38. The smallest absolute Gasteiger partial charge is 0.229 e. The zero-order valence-electron chi connectivity index (χ0n) is 16.1. The van der Waals surface area contributed by atoms with Crippen LogP contribution in [0.5, 0.6) is 11.5 Å². The zero-order valence-corrected chi connectivity index (χ0v) is 16.1. The van der Waals surface area contributed by atoms with Gasteiger partial charge in [-0.1, -0.05) is 18.2 Å². The number of aryl methyl sites for hydroxylation is 1. The molecule has 1 atom stereocenters. The summed E-state index contributed by atoms with van der Waals surface area (Å²) in [7, 11) is 0. The van der Waals surface area contributed by atoms with Crippen molar-refractivity contribution in [1.29, 1.82) is 0 Å². The van der Waals surface area contributed by atoms with Crippen molar-refractivity contribution in [3.63, 3.8) is 0 Å². The predicted octanol–water partition coefficient (Wildman–Crippen LogP) is 2.97. The van der Waals surface area contributed by atoms with Crippen molar-refractivity contribution in [2.75, 3.05) is 11.4 Å². The maximum Gasteiger partial charge on any atom is 0.229 e. The number of amides is 2. The van der Waals surface area contributed by atoms with Gasteiger partial charge in [0.1, 0.15) is 11.5 Å². The number of nitrogens with zero attached hydrogens (tertiary/aromatic N) is 2. The quantitative estimate of drug-likeness (QED) is 0.677. The van der Waals surface area contributed by atoms with Gasteiger partial charge in [0.25, 0.3) is 0 Å². The molecule has 148 valence electrons. The largest absolute Gasteiger partial charge is 0.457 e. The van der Waals surface area contributed by atoms with Crippen molar-refractivity contribution in [1.82, 2.24) is 15.5 Å². The molecule has 0 radical (unpaired) electrons. The van der Waals surface area contributed by atoms with Gasteiger partial charge in [-0.15, -0.1) is 0 Å². The minimum Gasteiger partial charge on any atom is -0.457 e. The molecule has 0 bridgehead atoms. The van der Waals surface area contributed by atoms with E-state index in [2.05, 4.69) is 15.5 Å². The maximum absolute atomic E-state index is 12.4. The monoisotopic (exact) mass is 390 g/mol. The highest BCUT2D eigenvalue weighted by molar-refractivity contribution is 5.97. The van der Waals surface area contributed by atoms with Crippen LogP contribution in [0.3, 0.4) is 0 Å². The number of benzene rings is 2. The number of hydrogen-bond acceptors (Lipinski definition) is 4. The molecule has 29 heavy (non-hydrogen) atoms. The molecular formula is C22H22N4O3. The van der Waals surface area contributed by atoms with Gasteiger partial charge in [-0.2, -0.15) is 5.10 Å². The molecule has 7 nitrogen and oxygen atoms in total. The summed E-state index contributed by atoms with van der Waals surface area (Å²) in [6, 6.07) is 18.5. The van der Waals surface area contributed by atoms with E-state index in [9.17, 15) is 9.59 Å². The number of anilines is 1. The second kappa shape index (κ2) is 8.18. The third-order valence-electron chi connectivity index (χ3n) is 4.72. The second-order valence-electron chi connectivity index (χ2n) is 7.10. The van der Waals surface area contributed by atoms with Gasteiger partial charge in [0, 0.05) is 24.3 Å². The second-order valence-corrected chi connectivity index (χ2v) is 7.10. The van der Waals surface area contributed by atoms with Gasteiger partial charge >= 0.3 is 0 Å². The fourth-order valence-corrected chi connectivity index (χ4v) is 3.38. The first-order chi connectivity index (χ1) is 14.1. The Morgan fingerprint density at radius 2 is 1.90 bits per heavy atom. The lowest BCUT2D eigenvalue weighted by Crippen LogP contribution is -2.38. The molecule has 2 amide bonds. The number of aromatic nitrogens is 2. The summed E-state index contributed by atoms with van der Waals surface area (Å²) in [5.41, 5.74) is 2.39. The molecule has 2 heterocycles. The van der Waals surface area contributed by atoms with E-state index in [1.165, 1.54) is 0 Å². The number of rotatable bonds is 6. The molecule has 1 aliphatic heterocycles. The van der Waals surface area contributed by atoms with Crippen molar-refractivity contribution >= 4 is 17.5 Å². The number of aromatic amines is 1. The molecule has 1 fully saturated rings. The van der Waals surface area contributed by atoms with Gasteiger partial charge in [-0.25, -0.2) is 0 Å². The van der Waals surface area contributed by atoms with Crippen molar-refractivity contribution in [2.45, 2.75) is 25.8 Å². The zero-order chi connectivity index (χ0) is 20.2. The number of carbonyl (C=O) groups is 2. The molecule has 1 saturated heterocycles. The fraction of sp³-hybridized carbons (Fsp3) is 0.227. The van der Waals surface area contributed by atoms with Crippen LogP contribution in [-0.4, -0.2) is 34.6 Å². The average Bonchev–Trinajstić information content (AvgIpc) is 3.28. The van der Waals surface area contributed by atoms with E-state index in [1.807, 2.05) is 67.6 Å². The van der Waals surface area contributed by atoms with Crippen LogP contribution >= 0.6 is 0 Å². The molecule has 7 heteroatoms. The first kappa shape index (κ1) is 18.7. The van der Waals surface area contributed by atoms with Crippen molar-refractivity contribution in [3.05, 3.63) is 72.1 Å². The molecule has 2 N–H and O–H groups in total. The van der Waals surface area contributed by atoms with Gasteiger partial charge < -0.3 is 15.0 Å². The lowest BCUT2D eigenvalue weighted by atomic mass is 10.2. The molecule has 0 saturated carbocycles. The number of H-pyrrole nitrogens is 1. The normalized spacial score (nSPS) is 16.1. The van der Waals surface area contributed by atoms with Crippen LogP contribution in [0.2, 0.25) is 0 Å². The molecule has 1 aromatic heterocycles. The highest BCUT2D eigenvalue weighted by Crippen LogP contribution is 2.27. The third kappa shape index (κ3) is 4.63. The SMILES string of the molecule is Cc1cc(CC(=O)N[C@@H]2CC(=O)N(c3ccc(Oc4ccccc4)cc3)C2)n[nH]1. The molecular weight excluding hydrogens is 368 g/mol. The van der Waals surface area contributed by atoms with Gasteiger partial charge in [0.2, 0.25) is 11.8 Å². The van der Waals surface area contributed by atoms with Crippen molar-refractivity contribution < 1.29 is 14.3 Å². The Morgan fingerprint density at radius 3 is 2.59 bits per heavy atom. The van der Waals surface area contributed by atoms with Crippen molar-refractivity contribution in [3.8, 4) is 11.5 Å². The van der Waals surface area contributed by atoms with E-state index in [4.69, 9.17) is 4.74 Å². The van der Waals surface area contributed by atoms with Crippen LogP contribution in [0.15, 0.2) is 60.7 Å². The van der Waals surface area contributed by atoms with Gasteiger partial charge in [0.15, 0.2) is 0 Å². The summed E-state index contributed by atoms with van der Waals surface area (Å²) in [6.45, 7) is 2.33. The van der Waals surface area contributed by atoms with Crippen molar-refractivity contribution in [2.24, 2.45) is 0 Å². The van der Waals surface area contributed by atoms with Crippen LogP contribution in [-0.2, 0) is 16.0 Å². The Hall–Kier alpha value is -3.61. The Bertz CT molecular complexity index is 998. The highest BCUT2D eigenvalue weighted by atomic mass is 16.5. The van der Waals surface area contributed by atoms with E-state index in [0.29, 0.717) is 18.0 Å². The Kier molecular flexibility index (Phi) is 5.29. The van der Waals surface area contributed by atoms with Crippen LogP contribution < -0.4 is 15.0 Å². The summed E-state index contributed by atoms with van der Waals surface area (Å²) >= 11 is 0. The van der Waals surface area contributed by atoms with Crippen LogP contribution in [0, 0.1) is 6.92 Å². The summed E-state index contributed by atoms with van der Waals surface area (Å²) in [6.07, 6.45) is 0.480. The molecule has 0 unspecified atom stereocenters. The van der Waals surface area contributed by atoms with Crippen LogP contribution in [0.4, 0.5) is 5.69 Å². The van der Waals surface area contributed by atoms with E-state index < -0.39 is 0 Å². The molecule has 0 spiro atoms. The summed E-state index contributed by atoms with van der Waals surface area (Å²) in [5, 5.41) is 9.82. The molecule has 0 aliphatic carbocycles. The Labute approximate surface area is 168 Å². The first-order valence-electron chi connectivity index (χ1n) is 9.50. The minimum absolute atomic E-state index is 0.0114. The minimum atomic E-state index is -0.213. The Balaban J connectivity index is 1.34. The highest BCUT2D eigenvalue weighted by Gasteiger charge is 2.31. The number of hydrogen-bond donors (Lipinski definition) is 2. The number of carbonyl (C=O) groups excluding carboxylic acids is 2. The first-order valence-corrected chi connectivity index (χ1v) is 9.50. The van der Waals surface area contributed by atoms with Crippen LogP contribution in [0.1, 0.15) is 17.8 Å². The average molecular weight is 390 g/mol. The van der Waals surface area contributed by atoms with Gasteiger partial charge in [-0.05, 0) is 49.4 Å². The van der Waals surface area contributed by atoms with Gasteiger partial charge in [0.05, 0.1) is 18.2 Å². The van der Waals surface area contributed by atoms with Crippen LogP contribution in [0.25, 0.3) is 0 Å². The number of para-hydroxylation sites is 1. The third-order valence-corrected chi connectivity index (χ3v) is 4.72. The summed E-state index contributed by atoms with van der Waals surface area (Å²) in [5.74, 6) is 1.31. The molecule has 3 aromatic rings. The standard InChI is InChI=1S/C22H22N4O3/c1-15-11-16(25-24-15)12-21(27)23-17-13-22(28)26(14-17)18-7-9-20(10-8-18)29-19-5-3-2-4-6-19/h2-11,17H,12-14H2,1H3,(H,23,27)(H,24,25)/t17-/m1/s1. The Morgan fingerprint density at radius 1 is 1.17 bits per heavy atom. The summed E-state index contributed by atoms with van der Waals surface area (Å²) < 4.78 is 5.79. The lowest BCUT2D eigenvalue weighted by Gasteiger charge is -2.17. The van der Waals surface area contributed by atoms with E-state index in [1.54, 1.807) is 4.90 Å². The van der Waals surface area contributed by atoms with E-state index in [-0.39, 0.29) is 30.7 Å². The maximum atomic E-state index is 12.4.